The van der Waals surface area contributed by atoms with Gasteiger partial charge in [0.05, 0.1) is 13.2 Å². The summed E-state index contributed by atoms with van der Waals surface area (Å²) in [7, 11) is -1.82. The van der Waals surface area contributed by atoms with E-state index in [1.54, 1.807) is 20.8 Å². The molecule has 10 heteroatoms. The van der Waals surface area contributed by atoms with E-state index in [2.05, 4.69) is 43.5 Å². The van der Waals surface area contributed by atoms with Crippen LogP contribution in [0.15, 0.2) is 54.6 Å². The Labute approximate surface area is 220 Å². The minimum Gasteiger partial charge on any atom is -0.444 e. The summed E-state index contributed by atoms with van der Waals surface area (Å²) >= 11 is 0. The second kappa shape index (κ2) is 12.8. The highest BCUT2D eigenvalue weighted by molar-refractivity contribution is 6.80. The van der Waals surface area contributed by atoms with Gasteiger partial charge in [0, 0.05) is 0 Å². The van der Waals surface area contributed by atoms with Gasteiger partial charge in [0.15, 0.2) is 0 Å². The summed E-state index contributed by atoms with van der Waals surface area (Å²) in [6.07, 6.45) is -0.820. The highest BCUT2D eigenvalue weighted by Crippen LogP contribution is 2.20. The number of hydrogen-bond donors (Lipinski definition) is 4. The molecule has 0 aliphatic rings. The molecule has 0 saturated carbocycles. The third kappa shape index (κ3) is 9.64. The molecule has 0 fully saturated rings. The third-order valence-corrected chi connectivity index (χ3v) is 7.46. The standard InChI is InChI=1S/C27H38N3O6Si/c1-26(2,3)18-12-14-20(15-13-18)37(19-10-8-7-9-11-19)35-17-22(30-25(34)36-27(4,5)6)24(33)29-21(16-31)23(28)32/h7-15,21-22,31H,16-17H2,1-6H3,(H2,28,32)(H,29,33)(H,30,34)/t21-,22-/m0/s1. The number of primary amides is 1. The predicted molar refractivity (Wildman–Crippen MR) is 144 cm³/mol. The number of ether oxygens (including phenoxy) is 1. The van der Waals surface area contributed by atoms with Crippen LogP contribution in [0.25, 0.3) is 0 Å². The zero-order valence-electron chi connectivity index (χ0n) is 22.3. The average molecular weight is 529 g/mol. The summed E-state index contributed by atoms with van der Waals surface area (Å²) in [6, 6.07) is 15.3. The van der Waals surface area contributed by atoms with E-state index in [-0.39, 0.29) is 12.0 Å². The van der Waals surface area contributed by atoms with Gasteiger partial charge in [-0.25, -0.2) is 4.79 Å². The smallest absolute Gasteiger partial charge is 0.408 e. The lowest BCUT2D eigenvalue weighted by molar-refractivity contribution is -0.129. The van der Waals surface area contributed by atoms with Crippen molar-refractivity contribution in [2.45, 2.75) is 64.6 Å². The van der Waals surface area contributed by atoms with Gasteiger partial charge in [0.1, 0.15) is 17.7 Å². The Bertz CT molecular complexity index is 1050. The first-order chi connectivity index (χ1) is 17.2. The maximum absolute atomic E-state index is 13.0. The lowest BCUT2D eigenvalue weighted by Gasteiger charge is -2.26. The van der Waals surface area contributed by atoms with Gasteiger partial charge in [-0.1, -0.05) is 75.4 Å². The molecule has 3 amide bonds. The fraction of sp³-hybridized carbons (Fsp3) is 0.444. The number of aliphatic hydroxyl groups excluding tert-OH is 1. The second-order valence-electron chi connectivity index (χ2n) is 10.7. The molecule has 9 nitrogen and oxygen atoms in total. The molecule has 5 N–H and O–H groups in total. The van der Waals surface area contributed by atoms with E-state index in [9.17, 15) is 19.5 Å². The number of alkyl carbamates (subject to hydrolysis) is 1. The van der Waals surface area contributed by atoms with Crippen LogP contribution in [0.3, 0.4) is 0 Å². The molecule has 1 radical (unpaired) electrons. The highest BCUT2D eigenvalue weighted by Gasteiger charge is 2.30. The van der Waals surface area contributed by atoms with Gasteiger partial charge < -0.3 is 30.6 Å². The molecule has 2 aromatic rings. The second-order valence-corrected chi connectivity index (χ2v) is 12.8. The van der Waals surface area contributed by atoms with E-state index < -0.39 is 51.2 Å². The number of carbonyl (C=O) groups excluding carboxylic acids is 3. The maximum Gasteiger partial charge on any atom is 0.408 e. The largest absolute Gasteiger partial charge is 0.444 e. The molecule has 0 unspecified atom stereocenters. The summed E-state index contributed by atoms with van der Waals surface area (Å²) in [5.74, 6) is -1.64. The zero-order chi connectivity index (χ0) is 27.8. The lowest BCUT2D eigenvalue weighted by Crippen LogP contribution is -2.57. The Balaban J connectivity index is 2.32. The van der Waals surface area contributed by atoms with Crippen LogP contribution in [0.2, 0.25) is 0 Å². The van der Waals surface area contributed by atoms with Crippen molar-refractivity contribution >= 4 is 37.3 Å². The molecule has 37 heavy (non-hydrogen) atoms. The summed E-state index contributed by atoms with van der Waals surface area (Å²) in [4.78, 5) is 37.0. The molecule has 2 rings (SSSR count). The van der Waals surface area contributed by atoms with Crippen molar-refractivity contribution in [3.8, 4) is 0 Å². The van der Waals surface area contributed by atoms with E-state index in [0.717, 1.165) is 10.4 Å². The van der Waals surface area contributed by atoms with Crippen molar-refractivity contribution in [3.63, 3.8) is 0 Å². The number of rotatable bonds is 10. The number of carbonyl (C=O) groups is 3. The van der Waals surface area contributed by atoms with Crippen LogP contribution in [-0.4, -0.2) is 63.0 Å². The van der Waals surface area contributed by atoms with E-state index >= 15 is 0 Å². The Hall–Kier alpha value is -3.21. The van der Waals surface area contributed by atoms with Crippen LogP contribution in [0, 0.1) is 0 Å². The molecule has 0 heterocycles. The van der Waals surface area contributed by atoms with Crippen molar-refractivity contribution in [1.82, 2.24) is 10.6 Å². The molecule has 0 aromatic heterocycles. The molecule has 0 saturated heterocycles. The normalized spacial score (nSPS) is 13.5. The van der Waals surface area contributed by atoms with Crippen molar-refractivity contribution in [2.75, 3.05) is 13.2 Å². The van der Waals surface area contributed by atoms with Crippen molar-refractivity contribution in [3.05, 3.63) is 60.2 Å². The van der Waals surface area contributed by atoms with E-state index in [1.807, 2.05) is 42.5 Å². The minimum atomic E-state index is -1.82. The summed E-state index contributed by atoms with van der Waals surface area (Å²) < 4.78 is 11.6. The van der Waals surface area contributed by atoms with Crippen LogP contribution >= 0.6 is 0 Å². The first-order valence-electron chi connectivity index (χ1n) is 12.1. The third-order valence-electron chi connectivity index (χ3n) is 5.29. The number of hydrogen-bond acceptors (Lipinski definition) is 6. The fourth-order valence-corrected chi connectivity index (χ4v) is 5.29. The number of amides is 3. The van der Waals surface area contributed by atoms with E-state index in [0.29, 0.717) is 0 Å². The van der Waals surface area contributed by atoms with Crippen LogP contribution in [0.1, 0.15) is 47.1 Å². The molecule has 201 valence electrons. The lowest BCUT2D eigenvalue weighted by atomic mass is 9.87. The monoisotopic (exact) mass is 528 g/mol. The van der Waals surface area contributed by atoms with Gasteiger partial charge in [-0.15, -0.1) is 0 Å². The number of nitrogens with one attached hydrogen (secondary N) is 2. The molecular weight excluding hydrogens is 490 g/mol. The van der Waals surface area contributed by atoms with Crippen molar-refractivity contribution in [1.29, 1.82) is 0 Å². The van der Waals surface area contributed by atoms with Crippen LogP contribution in [-0.2, 0) is 24.2 Å². The first kappa shape index (κ1) is 30.0. The molecule has 2 atom stereocenters. The number of benzene rings is 2. The molecule has 0 aliphatic heterocycles. The highest BCUT2D eigenvalue weighted by atomic mass is 28.3. The average Bonchev–Trinajstić information content (AvgIpc) is 2.80. The van der Waals surface area contributed by atoms with Gasteiger partial charge in [0.2, 0.25) is 11.8 Å². The number of aliphatic hydroxyl groups is 1. The summed E-state index contributed by atoms with van der Waals surface area (Å²) in [5.41, 5.74) is 5.62. The molecular formula is C27H38N3O6Si. The van der Waals surface area contributed by atoms with Gasteiger partial charge in [-0.3, -0.25) is 9.59 Å². The molecule has 0 aliphatic carbocycles. The molecule has 0 bridgehead atoms. The summed E-state index contributed by atoms with van der Waals surface area (Å²) in [5, 5.41) is 16.2. The minimum absolute atomic E-state index is 0.0107. The van der Waals surface area contributed by atoms with Gasteiger partial charge >= 0.3 is 6.09 Å². The van der Waals surface area contributed by atoms with Gasteiger partial charge in [-0.05, 0) is 42.1 Å². The quantitative estimate of drug-likeness (QED) is 0.339. The Kier molecular flexibility index (Phi) is 10.4. The first-order valence-corrected chi connectivity index (χ1v) is 13.5. The molecule has 2 aromatic carbocycles. The van der Waals surface area contributed by atoms with E-state index in [4.69, 9.17) is 14.9 Å². The van der Waals surface area contributed by atoms with Crippen molar-refractivity contribution in [2.24, 2.45) is 5.73 Å². The van der Waals surface area contributed by atoms with Gasteiger partial charge in [0.25, 0.3) is 9.04 Å². The van der Waals surface area contributed by atoms with Crippen LogP contribution < -0.4 is 26.7 Å². The topological polar surface area (TPSA) is 140 Å². The summed E-state index contributed by atoms with van der Waals surface area (Å²) in [6.45, 7) is 10.6. The SMILES string of the molecule is CC(C)(C)OC(=O)N[C@@H](CO[Si](c1ccccc1)c1ccc(C(C)(C)C)cc1)C(=O)N[C@@H](CO)C(N)=O. The Morgan fingerprint density at radius 1 is 0.892 bits per heavy atom. The zero-order valence-corrected chi connectivity index (χ0v) is 23.3. The van der Waals surface area contributed by atoms with Crippen molar-refractivity contribution < 1.29 is 28.7 Å². The van der Waals surface area contributed by atoms with E-state index in [1.165, 1.54) is 5.56 Å². The van der Waals surface area contributed by atoms with Crippen LogP contribution in [0.5, 0.6) is 0 Å². The number of nitrogens with two attached hydrogens (primary N) is 1. The van der Waals surface area contributed by atoms with Gasteiger partial charge in [-0.2, -0.15) is 0 Å². The fourth-order valence-electron chi connectivity index (χ4n) is 3.32. The predicted octanol–water partition coefficient (Wildman–Crippen LogP) is 0.962. The maximum atomic E-state index is 13.0. The molecule has 0 spiro atoms. The Morgan fingerprint density at radius 3 is 1.95 bits per heavy atom. The Morgan fingerprint density at radius 2 is 1.46 bits per heavy atom. The van der Waals surface area contributed by atoms with Crippen LogP contribution in [0.4, 0.5) is 4.79 Å².